The highest BCUT2D eigenvalue weighted by Crippen LogP contribution is 2.45. The quantitative estimate of drug-likeness (QED) is 0.0407. The fourth-order valence-electron chi connectivity index (χ4n) is 8.51. The molecule has 0 spiro atoms. The molecule has 60 heavy (non-hydrogen) atoms. The number of benzene rings is 1. The monoisotopic (exact) mass is 841 g/mol. The molecule has 0 amide bonds. The summed E-state index contributed by atoms with van der Waals surface area (Å²) < 4.78 is 35.1. The number of fused-ring (bicyclic) bond motifs is 2. The first-order chi connectivity index (χ1) is 29.2. The summed E-state index contributed by atoms with van der Waals surface area (Å²) in [5.41, 5.74) is 1.15. The van der Waals surface area contributed by atoms with Crippen LogP contribution in [-0.4, -0.2) is 66.1 Å². The van der Waals surface area contributed by atoms with Crippen LogP contribution in [0.25, 0.3) is 0 Å². The molecule has 13 heteroatoms. The maximum absolute atomic E-state index is 13.7. The van der Waals surface area contributed by atoms with Gasteiger partial charge in [-0.15, -0.1) is 11.8 Å². The second kappa shape index (κ2) is 20.6. The van der Waals surface area contributed by atoms with Gasteiger partial charge in [0.05, 0.1) is 42.3 Å². The van der Waals surface area contributed by atoms with Crippen LogP contribution in [0.4, 0.5) is 0 Å². The predicted octanol–water partition coefficient (Wildman–Crippen LogP) is 7.75. The summed E-state index contributed by atoms with van der Waals surface area (Å²) in [7, 11) is 0. The van der Waals surface area contributed by atoms with E-state index in [0.717, 1.165) is 49.4 Å². The van der Waals surface area contributed by atoms with Crippen molar-refractivity contribution in [3.63, 3.8) is 0 Å². The van der Waals surface area contributed by atoms with E-state index in [9.17, 15) is 24.0 Å². The molecule has 6 aliphatic rings. The topological polar surface area (TPSA) is 153 Å². The van der Waals surface area contributed by atoms with E-state index in [1.165, 1.54) is 0 Å². The first-order valence-corrected chi connectivity index (χ1v) is 22.3. The lowest BCUT2D eigenvalue weighted by molar-refractivity contribution is -0.149. The number of ether oxygens (including phenoxy) is 6. The molecule has 0 radical (unpaired) electrons. The molecule has 2 heterocycles. The van der Waals surface area contributed by atoms with Gasteiger partial charge in [-0.05, 0) is 133 Å². The lowest BCUT2D eigenvalue weighted by atomic mass is 9.82. The van der Waals surface area contributed by atoms with E-state index in [-0.39, 0.29) is 64.2 Å². The largest absolute Gasteiger partial charge is 0.494 e. The van der Waals surface area contributed by atoms with E-state index in [1.807, 2.05) is 6.92 Å². The van der Waals surface area contributed by atoms with E-state index in [4.69, 9.17) is 28.4 Å². The number of nitrogens with one attached hydrogen (secondary N) is 1. The number of rotatable bonds is 17. The molecule has 5 atom stereocenters. The molecule has 3 fully saturated rings. The average molecular weight is 842 g/mol. The fourth-order valence-corrected chi connectivity index (χ4v) is 9.93. The number of allylic oxidation sites excluding steroid dienone is 4. The summed E-state index contributed by atoms with van der Waals surface area (Å²) in [6.45, 7) is 6.36. The van der Waals surface area contributed by atoms with Crippen molar-refractivity contribution >= 4 is 41.9 Å². The fraction of sp³-hybridized carbons (Fsp3) is 0.511. The summed E-state index contributed by atoms with van der Waals surface area (Å²) in [5.74, 6) is 0.665. The summed E-state index contributed by atoms with van der Waals surface area (Å²) in [6.07, 6.45) is 22.1. The number of unbranched alkanes of at least 4 members (excludes halogenated alkanes) is 3. The van der Waals surface area contributed by atoms with Crippen molar-refractivity contribution in [1.29, 1.82) is 0 Å². The van der Waals surface area contributed by atoms with E-state index in [2.05, 4.69) is 36.2 Å². The van der Waals surface area contributed by atoms with Crippen LogP contribution in [0.5, 0.6) is 11.5 Å². The summed E-state index contributed by atoms with van der Waals surface area (Å²) >= 11 is 1.57. The highest BCUT2D eigenvalue weighted by Gasteiger charge is 2.47. The van der Waals surface area contributed by atoms with Crippen molar-refractivity contribution < 1.29 is 52.4 Å². The molecule has 2 aliphatic heterocycles. The number of hydrogen-bond acceptors (Lipinski definition) is 13. The molecule has 4 aliphatic carbocycles. The van der Waals surface area contributed by atoms with Crippen LogP contribution >= 0.6 is 11.8 Å². The van der Waals surface area contributed by atoms with Gasteiger partial charge >= 0.3 is 23.9 Å². The molecular weight excluding hydrogens is 787 g/mol. The third-order valence-corrected chi connectivity index (χ3v) is 13.5. The number of thioether (sulfide) groups is 1. The van der Waals surface area contributed by atoms with E-state index >= 15 is 0 Å². The van der Waals surface area contributed by atoms with E-state index in [1.54, 1.807) is 48.2 Å². The van der Waals surface area contributed by atoms with Gasteiger partial charge in [-0.2, -0.15) is 0 Å². The minimum Gasteiger partial charge on any atom is -0.494 e. The molecule has 1 aromatic carbocycles. The van der Waals surface area contributed by atoms with Gasteiger partial charge in [-0.3, -0.25) is 19.7 Å². The Morgan fingerprint density at radius 1 is 0.783 bits per heavy atom. The highest BCUT2D eigenvalue weighted by atomic mass is 32.2. The van der Waals surface area contributed by atoms with Gasteiger partial charge in [0.15, 0.2) is 0 Å². The Morgan fingerprint density at radius 2 is 1.38 bits per heavy atom. The molecule has 7 rings (SSSR count). The van der Waals surface area contributed by atoms with E-state index in [0.29, 0.717) is 87.6 Å². The molecule has 0 aromatic heterocycles. The second-order valence-electron chi connectivity index (χ2n) is 16.4. The Bertz CT molecular complexity index is 1920. The zero-order chi connectivity index (χ0) is 42.0. The number of carbonyl (C=O) groups excluding carboxylic acids is 5. The highest BCUT2D eigenvalue weighted by molar-refractivity contribution is 8.01. The number of hydrogen-bond donors (Lipinski definition) is 1. The van der Waals surface area contributed by atoms with Gasteiger partial charge in [0.25, 0.3) is 0 Å². The smallest absolute Gasteiger partial charge is 0.330 e. The average Bonchev–Trinajstić information content (AvgIpc) is 3.91. The third kappa shape index (κ3) is 11.1. The molecule has 320 valence electrons. The second-order valence-corrected chi connectivity index (χ2v) is 17.6. The molecule has 5 unspecified atom stereocenters. The Balaban J connectivity index is 0.889. The molecular formula is C47H55NO11S. The minimum absolute atomic E-state index is 0.00340. The molecule has 1 aromatic rings. The van der Waals surface area contributed by atoms with Crippen molar-refractivity contribution in [3.05, 3.63) is 96.2 Å². The Morgan fingerprint density at radius 3 is 2.05 bits per heavy atom. The van der Waals surface area contributed by atoms with Gasteiger partial charge in [-0.25, -0.2) is 4.79 Å². The zero-order valence-corrected chi connectivity index (χ0v) is 34.9. The Kier molecular flexibility index (Phi) is 14.8. The van der Waals surface area contributed by atoms with Crippen LogP contribution in [0.3, 0.4) is 0 Å². The third-order valence-electron chi connectivity index (χ3n) is 12.1. The molecule has 0 bridgehead atoms. The summed E-state index contributed by atoms with van der Waals surface area (Å²) in [6, 6.07) is 6.54. The molecule has 2 saturated carbocycles. The predicted molar refractivity (Wildman–Crippen MR) is 224 cm³/mol. The Labute approximate surface area is 355 Å². The van der Waals surface area contributed by atoms with Crippen molar-refractivity contribution in [1.82, 2.24) is 5.32 Å². The first kappa shape index (κ1) is 43.2. The van der Waals surface area contributed by atoms with Gasteiger partial charge < -0.3 is 33.2 Å². The summed E-state index contributed by atoms with van der Waals surface area (Å²) in [4.78, 5) is 62.5. The molecule has 12 nitrogen and oxygen atoms in total. The summed E-state index contributed by atoms with van der Waals surface area (Å²) in [5, 5.41) is 3.01. The standard InChI is InChI=1S/C47H55NO11S/c1-3-41(50)55-25-7-5-4-6-24-54-35-18-20-36(21-19-35)56-45(51)32-14-16-33(17-15-32)46(52)58-37-22-23-38(59-47(53)31-12-9-30(28-49)10-13-31)43-42(37)48-44(60-43)40-27-34-11-8-29(2)26-39(34)57-40/h3,8,11,18-23,26-28,30-34,39,42-44,48H,1,4-7,9-10,12-17,24-25H2,2H3. The lowest BCUT2D eigenvalue weighted by Crippen LogP contribution is -2.41. The SMILES string of the molecule is C=CC(=O)OCCCCCCOc1ccc(OC(=O)C2CCC(C(=O)OC3=CC=C(OC(=O)C4CCC(C=O)CC4)C4SC(C5=CC6C=CC(C)=CC6O5)NC34)CC2)cc1. The van der Waals surface area contributed by atoms with Crippen LogP contribution in [0, 0.1) is 29.6 Å². The molecule has 1 saturated heterocycles. The van der Waals surface area contributed by atoms with Crippen molar-refractivity contribution in [3.8, 4) is 11.5 Å². The number of carbonyl (C=O) groups is 5. The van der Waals surface area contributed by atoms with Crippen LogP contribution in [0.1, 0.15) is 84.0 Å². The van der Waals surface area contributed by atoms with Crippen LogP contribution < -0.4 is 14.8 Å². The van der Waals surface area contributed by atoms with E-state index < -0.39 is 12.0 Å². The van der Waals surface area contributed by atoms with Crippen molar-refractivity contribution in [2.45, 2.75) is 107 Å². The number of aldehydes is 1. The Hall–Kier alpha value is -4.88. The minimum atomic E-state index is -0.447. The molecule has 1 N–H and O–H groups in total. The maximum atomic E-state index is 13.7. The van der Waals surface area contributed by atoms with Crippen LogP contribution in [0.2, 0.25) is 0 Å². The van der Waals surface area contributed by atoms with Crippen molar-refractivity contribution in [2.24, 2.45) is 29.6 Å². The first-order valence-electron chi connectivity index (χ1n) is 21.4. The number of esters is 4. The van der Waals surface area contributed by atoms with Gasteiger partial charge in [0.1, 0.15) is 46.5 Å². The van der Waals surface area contributed by atoms with Crippen LogP contribution in [-0.2, 0) is 42.9 Å². The van der Waals surface area contributed by atoms with Gasteiger partial charge in [0.2, 0.25) is 0 Å². The lowest BCUT2D eigenvalue weighted by Gasteiger charge is -2.30. The van der Waals surface area contributed by atoms with Gasteiger partial charge in [0, 0.05) is 17.9 Å². The van der Waals surface area contributed by atoms with Gasteiger partial charge in [-0.1, -0.05) is 24.3 Å². The maximum Gasteiger partial charge on any atom is 0.330 e. The normalized spacial score (nSPS) is 29.2. The zero-order valence-electron chi connectivity index (χ0n) is 34.1. The van der Waals surface area contributed by atoms with Crippen LogP contribution in [0.15, 0.2) is 96.2 Å². The van der Waals surface area contributed by atoms with Crippen molar-refractivity contribution in [2.75, 3.05) is 13.2 Å².